The van der Waals surface area contributed by atoms with Crippen LogP contribution in [0.5, 0.6) is 0 Å². The van der Waals surface area contributed by atoms with E-state index in [1.54, 1.807) is 0 Å². The Hall–Kier alpha value is -1.17. The van der Waals surface area contributed by atoms with Crippen molar-refractivity contribution in [2.24, 2.45) is 0 Å². The van der Waals surface area contributed by atoms with E-state index in [0.717, 1.165) is 54.2 Å². The fraction of sp³-hybridized carbons (Fsp3) is 0.733. The van der Waals surface area contributed by atoms with Crippen LogP contribution >= 0.6 is 0 Å². The molecule has 2 heterocycles. The fourth-order valence-electron chi connectivity index (χ4n) is 2.34. The summed E-state index contributed by atoms with van der Waals surface area (Å²) in [5, 5.41) is 3.34. The lowest BCUT2D eigenvalue weighted by Gasteiger charge is -2.30. The van der Waals surface area contributed by atoms with Gasteiger partial charge in [-0.25, -0.2) is 9.97 Å². The molecule has 1 aliphatic heterocycles. The van der Waals surface area contributed by atoms with Crippen LogP contribution in [0, 0.1) is 6.92 Å². The Bertz CT molecular complexity index is 529. The van der Waals surface area contributed by atoms with E-state index in [0.29, 0.717) is 0 Å². The van der Waals surface area contributed by atoms with Gasteiger partial charge in [-0.05, 0) is 13.8 Å². The topological polar surface area (TPSA) is 58.1 Å². The minimum absolute atomic E-state index is 0.0920. The Balaban J connectivity index is 2.43. The molecule has 0 amide bonds. The molecule has 1 aromatic rings. The molecule has 5 nitrogen and oxygen atoms in total. The molecule has 1 fully saturated rings. The van der Waals surface area contributed by atoms with E-state index in [1.807, 2.05) is 0 Å². The third kappa shape index (κ3) is 3.73. The summed E-state index contributed by atoms with van der Waals surface area (Å²) < 4.78 is 11.6. The second-order valence-electron chi connectivity index (χ2n) is 6.46. The van der Waals surface area contributed by atoms with Crippen molar-refractivity contribution in [3.63, 3.8) is 0 Å². The summed E-state index contributed by atoms with van der Waals surface area (Å²) >= 11 is 0. The molecular weight excluding hydrogens is 284 g/mol. The average Bonchev–Trinajstić information content (AvgIpc) is 2.41. The highest BCUT2D eigenvalue weighted by molar-refractivity contribution is 7.85. The van der Waals surface area contributed by atoms with Crippen molar-refractivity contribution in [3.8, 4) is 0 Å². The minimum Gasteiger partial charge on any atom is -0.370 e. The lowest BCUT2D eigenvalue weighted by molar-refractivity contribution is 0.544. The van der Waals surface area contributed by atoms with Crippen molar-refractivity contribution in [1.82, 2.24) is 9.97 Å². The second-order valence-corrected chi connectivity index (χ2v) is 8.16. The molecule has 1 aromatic heterocycles. The van der Waals surface area contributed by atoms with Crippen molar-refractivity contribution in [2.75, 3.05) is 41.4 Å². The van der Waals surface area contributed by atoms with Gasteiger partial charge in [0, 0.05) is 52.9 Å². The molecule has 0 bridgehead atoms. The van der Waals surface area contributed by atoms with Gasteiger partial charge in [0.15, 0.2) is 0 Å². The zero-order valence-electron chi connectivity index (χ0n) is 13.7. The van der Waals surface area contributed by atoms with Crippen LogP contribution in [0.15, 0.2) is 0 Å². The number of hydrogen-bond acceptors (Lipinski definition) is 5. The molecule has 0 saturated carbocycles. The fourth-order valence-corrected chi connectivity index (χ4v) is 3.39. The first-order valence-electron chi connectivity index (χ1n) is 7.56. The van der Waals surface area contributed by atoms with Crippen LogP contribution in [0.4, 0.5) is 11.6 Å². The molecule has 1 N–H and O–H groups in total. The Morgan fingerprint density at radius 2 is 1.86 bits per heavy atom. The first kappa shape index (κ1) is 16.2. The van der Waals surface area contributed by atoms with E-state index in [2.05, 4.69) is 44.8 Å². The van der Waals surface area contributed by atoms with E-state index in [4.69, 9.17) is 9.97 Å². The predicted molar refractivity (Wildman–Crippen MR) is 89.7 cm³/mol. The molecule has 6 heteroatoms. The van der Waals surface area contributed by atoms with Crippen LogP contribution in [0.25, 0.3) is 0 Å². The maximum Gasteiger partial charge on any atom is 0.138 e. The van der Waals surface area contributed by atoms with Crippen molar-refractivity contribution in [3.05, 3.63) is 11.4 Å². The molecule has 0 aromatic carbocycles. The number of rotatable bonds is 3. The molecule has 1 aliphatic rings. The molecule has 2 rings (SSSR count). The molecule has 1 saturated heterocycles. The SMILES string of the molecule is CCNc1nc(C(C)(C)C)nc(N2CCS(=O)CC2)c1C. The number of aromatic nitrogens is 2. The number of nitrogens with zero attached hydrogens (tertiary/aromatic N) is 3. The normalized spacial score (nSPS) is 17.1. The Labute approximate surface area is 130 Å². The summed E-state index contributed by atoms with van der Waals surface area (Å²) in [7, 11) is -0.673. The molecule has 0 aliphatic carbocycles. The van der Waals surface area contributed by atoms with Crippen LogP contribution in [-0.4, -0.2) is 45.3 Å². The molecule has 0 radical (unpaired) electrons. The monoisotopic (exact) mass is 310 g/mol. The van der Waals surface area contributed by atoms with Crippen molar-refractivity contribution >= 4 is 22.4 Å². The Kier molecular flexibility index (Phi) is 4.86. The maximum absolute atomic E-state index is 11.6. The molecule has 0 unspecified atom stereocenters. The van der Waals surface area contributed by atoms with Gasteiger partial charge in [-0.1, -0.05) is 20.8 Å². The average molecular weight is 310 g/mol. The highest BCUT2D eigenvalue weighted by atomic mass is 32.2. The largest absolute Gasteiger partial charge is 0.370 e. The maximum atomic E-state index is 11.6. The molecule has 0 spiro atoms. The Morgan fingerprint density at radius 3 is 2.38 bits per heavy atom. The van der Waals surface area contributed by atoms with Crippen LogP contribution < -0.4 is 10.2 Å². The summed E-state index contributed by atoms with van der Waals surface area (Å²) in [5.74, 6) is 4.21. The van der Waals surface area contributed by atoms with E-state index in [-0.39, 0.29) is 5.41 Å². The molecule has 21 heavy (non-hydrogen) atoms. The number of hydrogen-bond donors (Lipinski definition) is 1. The standard InChI is InChI=1S/C15H26N4OS/c1-6-16-12-11(2)13(18-14(17-12)15(3,4)5)19-7-9-21(20)10-8-19/h6-10H2,1-5H3,(H,16,17,18). The third-order valence-corrected chi connectivity index (χ3v) is 4.89. The molecular formula is C15H26N4OS. The zero-order chi connectivity index (χ0) is 15.6. The highest BCUT2D eigenvalue weighted by Crippen LogP contribution is 2.29. The predicted octanol–water partition coefficient (Wildman–Crippen LogP) is 2.08. The van der Waals surface area contributed by atoms with E-state index in [9.17, 15) is 4.21 Å². The summed E-state index contributed by atoms with van der Waals surface area (Å²) in [6, 6.07) is 0. The van der Waals surface area contributed by atoms with Crippen LogP contribution in [0.3, 0.4) is 0 Å². The first-order valence-corrected chi connectivity index (χ1v) is 9.04. The third-order valence-electron chi connectivity index (χ3n) is 3.61. The molecule has 0 atom stereocenters. The summed E-state index contributed by atoms with van der Waals surface area (Å²) in [6.07, 6.45) is 0. The zero-order valence-corrected chi connectivity index (χ0v) is 14.5. The van der Waals surface area contributed by atoms with Gasteiger partial charge in [0.2, 0.25) is 0 Å². The van der Waals surface area contributed by atoms with Crippen molar-refractivity contribution in [2.45, 2.75) is 40.0 Å². The van der Waals surface area contributed by atoms with Gasteiger partial charge in [0.05, 0.1) is 0 Å². The van der Waals surface area contributed by atoms with Gasteiger partial charge in [-0.3, -0.25) is 4.21 Å². The van der Waals surface area contributed by atoms with Gasteiger partial charge in [0.1, 0.15) is 17.5 Å². The summed E-state index contributed by atoms with van der Waals surface area (Å²) in [4.78, 5) is 11.8. The van der Waals surface area contributed by atoms with Gasteiger partial charge < -0.3 is 10.2 Å². The van der Waals surface area contributed by atoms with Crippen LogP contribution in [-0.2, 0) is 16.2 Å². The van der Waals surface area contributed by atoms with E-state index in [1.165, 1.54) is 0 Å². The van der Waals surface area contributed by atoms with E-state index >= 15 is 0 Å². The van der Waals surface area contributed by atoms with Gasteiger partial charge in [-0.2, -0.15) is 0 Å². The first-order chi connectivity index (χ1) is 9.82. The van der Waals surface area contributed by atoms with Crippen molar-refractivity contribution in [1.29, 1.82) is 0 Å². The number of anilines is 2. The summed E-state index contributed by atoms with van der Waals surface area (Å²) in [5.41, 5.74) is 0.989. The number of nitrogens with one attached hydrogen (secondary N) is 1. The van der Waals surface area contributed by atoms with Gasteiger partial charge in [0.25, 0.3) is 0 Å². The van der Waals surface area contributed by atoms with Crippen LogP contribution in [0.1, 0.15) is 39.1 Å². The highest BCUT2D eigenvalue weighted by Gasteiger charge is 2.25. The Morgan fingerprint density at radius 1 is 1.24 bits per heavy atom. The lowest BCUT2D eigenvalue weighted by atomic mass is 9.95. The summed E-state index contributed by atoms with van der Waals surface area (Å²) in [6.45, 7) is 13.0. The second kappa shape index (κ2) is 6.30. The molecule has 118 valence electrons. The van der Waals surface area contributed by atoms with Gasteiger partial charge in [-0.15, -0.1) is 0 Å². The minimum atomic E-state index is -0.673. The lowest BCUT2D eigenvalue weighted by Crippen LogP contribution is -2.39. The van der Waals surface area contributed by atoms with Crippen LogP contribution in [0.2, 0.25) is 0 Å². The van der Waals surface area contributed by atoms with E-state index < -0.39 is 10.8 Å². The van der Waals surface area contributed by atoms with Gasteiger partial charge >= 0.3 is 0 Å². The smallest absolute Gasteiger partial charge is 0.138 e. The quantitative estimate of drug-likeness (QED) is 0.926. The van der Waals surface area contributed by atoms with Crippen molar-refractivity contribution < 1.29 is 4.21 Å².